The van der Waals surface area contributed by atoms with E-state index in [2.05, 4.69) is 5.32 Å². The summed E-state index contributed by atoms with van der Waals surface area (Å²) in [5, 5.41) is 2.40. The summed E-state index contributed by atoms with van der Waals surface area (Å²) in [7, 11) is 0. The quantitative estimate of drug-likeness (QED) is 0.770. The van der Waals surface area contributed by atoms with Crippen LogP contribution in [-0.4, -0.2) is 17.6 Å². The Morgan fingerprint density at radius 2 is 1.93 bits per heavy atom. The summed E-state index contributed by atoms with van der Waals surface area (Å²) in [6, 6.07) is 10.3. The number of thioether (sulfide) groups is 1. The van der Waals surface area contributed by atoms with Crippen molar-refractivity contribution in [2.45, 2.75) is 32.6 Å². The lowest BCUT2D eigenvalue weighted by molar-refractivity contribution is -0.118. The van der Waals surface area contributed by atoms with Crippen LogP contribution in [0.25, 0.3) is 0 Å². The van der Waals surface area contributed by atoms with E-state index in [1.807, 2.05) is 20.8 Å². The highest BCUT2D eigenvalue weighted by Gasteiger charge is 2.37. The number of para-hydroxylation sites is 1. The molecule has 28 heavy (non-hydrogen) atoms. The third-order valence-electron chi connectivity index (χ3n) is 4.23. The maximum absolute atomic E-state index is 14.3. The standard InChI is InChI=1S/C21H22F2N2O2S/c1-21(2,3)11-18(26)24-16-7-5-4-6-14(16)20-25(19(27)12-28-20)17-9-8-13(22)10-15(17)23/h4-10,20H,11-12H2,1-3H3,(H,24,26)/t20-/m0/s1. The molecule has 7 heteroatoms. The molecule has 0 radical (unpaired) electrons. The van der Waals surface area contributed by atoms with E-state index in [0.29, 0.717) is 17.7 Å². The fourth-order valence-electron chi connectivity index (χ4n) is 3.09. The number of hydrogen-bond acceptors (Lipinski definition) is 3. The van der Waals surface area contributed by atoms with E-state index in [-0.39, 0.29) is 28.7 Å². The summed E-state index contributed by atoms with van der Waals surface area (Å²) in [5.41, 5.74) is 1.14. The molecule has 4 nitrogen and oxygen atoms in total. The first-order chi connectivity index (χ1) is 13.2. The van der Waals surface area contributed by atoms with E-state index in [9.17, 15) is 18.4 Å². The van der Waals surface area contributed by atoms with Crippen LogP contribution in [0.4, 0.5) is 20.2 Å². The second-order valence-corrected chi connectivity index (χ2v) is 8.96. The first kappa shape index (κ1) is 20.3. The number of anilines is 2. The van der Waals surface area contributed by atoms with Crippen molar-refractivity contribution < 1.29 is 18.4 Å². The van der Waals surface area contributed by atoms with Crippen molar-refractivity contribution in [3.8, 4) is 0 Å². The van der Waals surface area contributed by atoms with E-state index < -0.39 is 17.0 Å². The second kappa shape index (κ2) is 7.91. The minimum absolute atomic E-state index is 0.0252. The molecule has 1 aliphatic rings. The maximum Gasteiger partial charge on any atom is 0.238 e. The smallest absolute Gasteiger partial charge is 0.238 e. The summed E-state index contributed by atoms with van der Waals surface area (Å²) in [5.74, 6) is -1.72. The van der Waals surface area contributed by atoms with E-state index >= 15 is 0 Å². The molecule has 2 aromatic carbocycles. The van der Waals surface area contributed by atoms with Crippen molar-refractivity contribution in [1.82, 2.24) is 0 Å². The van der Waals surface area contributed by atoms with Crippen LogP contribution in [0.1, 0.15) is 38.1 Å². The molecule has 0 unspecified atom stereocenters. The van der Waals surface area contributed by atoms with Gasteiger partial charge < -0.3 is 5.32 Å². The molecule has 148 valence electrons. The van der Waals surface area contributed by atoms with Gasteiger partial charge in [0.05, 0.1) is 11.4 Å². The molecule has 0 saturated carbocycles. The van der Waals surface area contributed by atoms with Gasteiger partial charge in [-0.05, 0) is 23.6 Å². The van der Waals surface area contributed by atoms with E-state index in [1.165, 1.54) is 22.7 Å². The average molecular weight is 404 g/mol. The summed E-state index contributed by atoms with van der Waals surface area (Å²) < 4.78 is 27.6. The van der Waals surface area contributed by atoms with Gasteiger partial charge >= 0.3 is 0 Å². The lowest BCUT2D eigenvalue weighted by Gasteiger charge is -2.27. The number of nitrogens with one attached hydrogen (secondary N) is 1. The van der Waals surface area contributed by atoms with Gasteiger partial charge in [-0.2, -0.15) is 0 Å². The minimum Gasteiger partial charge on any atom is -0.326 e. The minimum atomic E-state index is -0.796. The number of carbonyl (C=O) groups is 2. The van der Waals surface area contributed by atoms with Crippen LogP contribution >= 0.6 is 11.8 Å². The Bertz CT molecular complexity index is 912. The van der Waals surface area contributed by atoms with E-state index in [0.717, 1.165) is 12.1 Å². The Hall–Kier alpha value is -2.41. The number of rotatable bonds is 4. The van der Waals surface area contributed by atoms with Crippen molar-refractivity contribution in [2.75, 3.05) is 16.0 Å². The zero-order chi connectivity index (χ0) is 20.5. The van der Waals surface area contributed by atoms with Crippen LogP contribution in [0.15, 0.2) is 42.5 Å². The maximum atomic E-state index is 14.3. The zero-order valence-electron chi connectivity index (χ0n) is 16.0. The molecule has 2 aromatic rings. The van der Waals surface area contributed by atoms with Crippen LogP contribution in [0.5, 0.6) is 0 Å². The van der Waals surface area contributed by atoms with Crippen LogP contribution in [0.3, 0.4) is 0 Å². The Balaban J connectivity index is 1.94. The molecule has 1 N–H and O–H groups in total. The SMILES string of the molecule is CC(C)(C)CC(=O)Nc1ccccc1[C@@H]1SCC(=O)N1c1ccc(F)cc1F. The number of carbonyl (C=O) groups excluding carboxylic acids is 2. The average Bonchev–Trinajstić information content (AvgIpc) is 2.95. The molecule has 3 rings (SSSR count). The van der Waals surface area contributed by atoms with Crippen molar-refractivity contribution in [2.24, 2.45) is 5.41 Å². The lowest BCUT2D eigenvalue weighted by atomic mass is 9.92. The normalized spacial score (nSPS) is 17.1. The Labute approximate surface area is 167 Å². The van der Waals surface area contributed by atoms with Gasteiger partial charge in [0.1, 0.15) is 17.0 Å². The molecule has 0 bridgehead atoms. The fraction of sp³-hybridized carbons (Fsp3) is 0.333. The van der Waals surface area contributed by atoms with Crippen molar-refractivity contribution in [1.29, 1.82) is 0 Å². The number of nitrogens with zero attached hydrogens (tertiary/aromatic N) is 1. The number of benzene rings is 2. The van der Waals surface area contributed by atoms with E-state index in [4.69, 9.17) is 0 Å². The Kier molecular flexibility index (Phi) is 5.74. The van der Waals surface area contributed by atoms with Crippen LogP contribution < -0.4 is 10.2 Å². The molecule has 1 atom stereocenters. The summed E-state index contributed by atoms with van der Waals surface area (Å²) in [6.07, 6.45) is 0.342. The Morgan fingerprint density at radius 1 is 1.21 bits per heavy atom. The number of amides is 2. The summed E-state index contributed by atoms with van der Waals surface area (Å²) >= 11 is 1.34. The topological polar surface area (TPSA) is 49.4 Å². The predicted octanol–water partition coefficient (Wildman–Crippen LogP) is 5.12. The predicted molar refractivity (Wildman–Crippen MR) is 108 cm³/mol. The highest BCUT2D eigenvalue weighted by atomic mass is 32.2. The summed E-state index contributed by atoms with van der Waals surface area (Å²) in [6.45, 7) is 5.93. The fourth-order valence-corrected chi connectivity index (χ4v) is 4.30. The highest BCUT2D eigenvalue weighted by Crippen LogP contribution is 2.45. The molecule has 0 aliphatic carbocycles. The number of halogens is 2. The van der Waals surface area contributed by atoms with Crippen LogP contribution in [-0.2, 0) is 9.59 Å². The van der Waals surface area contributed by atoms with Gasteiger partial charge in [-0.1, -0.05) is 39.0 Å². The molecule has 2 amide bonds. The highest BCUT2D eigenvalue weighted by molar-refractivity contribution is 8.00. The molecule has 1 heterocycles. The van der Waals surface area contributed by atoms with Gasteiger partial charge in [0.25, 0.3) is 0 Å². The molecule has 1 fully saturated rings. The first-order valence-electron chi connectivity index (χ1n) is 8.93. The van der Waals surface area contributed by atoms with Gasteiger partial charge in [-0.15, -0.1) is 11.8 Å². The third-order valence-corrected chi connectivity index (χ3v) is 5.42. The van der Waals surface area contributed by atoms with Gasteiger partial charge in [0.2, 0.25) is 11.8 Å². The van der Waals surface area contributed by atoms with Crippen LogP contribution in [0, 0.1) is 17.0 Å². The third kappa shape index (κ3) is 4.52. The van der Waals surface area contributed by atoms with Crippen LogP contribution in [0.2, 0.25) is 0 Å². The molecule has 0 spiro atoms. The largest absolute Gasteiger partial charge is 0.326 e. The zero-order valence-corrected chi connectivity index (χ0v) is 16.8. The number of hydrogen-bond donors (Lipinski definition) is 1. The Morgan fingerprint density at radius 3 is 2.61 bits per heavy atom. The van der Waals surface area contributed by atoms with Gasteiger partial charge in [0, 0.05) is 23.7 Å². The van der Waals surface area contributed by atoms with Crippen molar-refractivity contribution in [3.05, 3.63) is 59.7 Å². The van der Waals surface area contributed by atoms with Crippen molar-refractivity contribution >= 4 is 35.0 Å². The monoisotopic (exact) mass is 404 g/mol. The van der Waals surface area contributed by atoms with Gasteiger partial charge in [-0.3, -0.25) is 14.5 Å². The molecule has 0 aromatic heterocycles. The molecular weight excluding hydrogens is 382 g/mol. The first-order valence-corrected chi connectivity index (χ1v) is 9.98. The van der Waals surface area contributed by atoms with Gasteiger partial charge in [0.15, 0.2) is 0 Å². The molecule has 1 aliphatic heterocycles. The second-order valence-electron chi connectivity index (χ2n) is 7.90. The lowest BCUT2D eigenvalue weighted by Crippen LogP contribution is -2.29. The van der Waals surface area contributed by atoms with Crippen molar-refractivity contribution in [3.63, 3.8) is 0 Å². The van der Waals surface area contributed by atoms with Gasteiger partial charge in [-0.25, -0.2) is 8.78 Å². The van der Waals surface area contributed by atoms with E-state index in [1.54, 1.807) is 24.3 Å². The molecule has 1 saturated heterocycles. The molecular formula is C21H22F2N2O2S. The summed E-state index contributed by atoms with van der Waals surface area (Å²) in [4.78, 5) is 26.2.